The molecule has 2 heterocycles. The SMILES string of the molecule is CCN(CC)c1ccc(C(c2c(C)c(=O)n(-c3ccccc3)n2C)c2c(C)c(=O)n(-c3ccccc3)n2C)cc1. The van der Waals surface area contributed by atoms with E-state index in [4.69, 9.17) is 0 Å². The van der Waals surface area contributed by atoms with E-state index in [2.05, 4.69) is 43.0 Å². The Kier molecular flexibility index (Phi) is 7.39. The standard InChI is InChI=1S/C33H37N5O2/c1-7-36(8-2)26-21-19-25(20-22-26)29(30-23(3)32(39)37(34(30)5)27-15-11-9-12-16-27)31-24(4)33(40)38(35(31)6)28-17-13-10-14-18-28/h9-22,29H,7-8H2,1-6H3. The average Bonchev–Trinajstić information content (AvgIpc) is 3.33. The van der Waals surface area contributed by atoms with Crippen molar-refractivity contribution in [2.45, 2.75) is 33.6 Å². The summed E-state index contributed by atoms with van der Waals surface area (Å²) in [5.41, 5.74) is 6.64. The van der Waals surface area contributed by atoms with E-state index >= 15 is 0 Å². The van der Waals surface area contributed by atoms with Crippen LogP contribution in [-0.4, -0.2) is 31.8 Å². The second-order valence-corrected chi connectivity index (χ2v) is 10.2. The van der Waals surface area contributed by atoms with E-state index in [-0.39, 0.29) is 17.0 Å². The molecule has 0 saturated heterocycles. The van der Waals surface area contributed by atoms with E-state index < -0.39 is 0 Å². The van der Waals surface area contributed by atoms with Crippen LogP contribution >= 0.6 is 0 Å². The summed E-state index contributed by atoms with van der Waals surface area (Å²) >= 11 is 0. The third-order valence-electron chi connectivity index (χ3n) is 8.00. The van der Waals surface area contributed by atoms with Gasteiger partial charge >= 0.3 is 0 Å². The van der Waals surface area contributed by atoms with E-state index in [9.17, 15) is 9.59 Å². The van der Waals surface area contributed by atoms with Gasteiger partial charge in [0.05, 0.1) is 28.7 Å². The minimum Gasteiger partial charge on any atom is -0.372 e. The molecule has 0 bridgehead atoms. The van der Waals surface area contributed by atoms with Crippen LogP contribution in [-0.2, 0) is 14.1 Å². The molecule has 0 saturated carbocycles. The van der Waals surface area contributed by atoms with Gasteiger partial charge in [-0.05, 0) is 69.7 Å². The minimum atomic E-state index is -0.351. The zero-order valence-electron chi connectivity index (χ0n) is 24.1. The molecule has 0 atom stereocenters. The molecule has 0 radical (unpaired) electrons. The number of hydrogen-bond acceptors (Lipinski definition) is 3. The van der Waals surface area contributed by atoms with Crippen molar-refractivity contribution in [2.75, 3.05) is 18.0 Å². The van der Waals surface area contributed by atoms with E-state index in [0.717, 1.165) is 47.1 Å². The Morgan fingerprint density at radius 2 is 1.02 bits per heavy atom. The molecule has 0 fully saturated rings. The fourth-order valence-electron chi connectivity index (χ4n) is 5.95. The molecule has 0 aliphatic heterocycles. The van der Waals surface area contributed by atoms with E-state index in [1.165, 1.54) is 0 Å². The average molecular weight is 536 g/mol. The predicted molar refractivity (Wildman–Crippen MR) is 162 cm³/mol. The summed E-state index contributed by atoms with van der Waals surface area (Å²) in [5, 5.41) is 0. The van der Waals surface area contributed by atoms with Crippen LogP contribution < -0.4 is 16.0 Å². The molecule has 3 aromatic carbocycles. The van der Waals surface area contributed by atoms with Crippen molar-refractivity contribution in [1.82, 2.24) is 18.7 Å². The fourth-order valence-corrected chi connectivity index (χ4v) is 5.95. The molecular weight excluding hydrogens is 498 g/mol. The minimum absolute atomic E-state index is 0.0707. The normalized spacial score (nSPS) is 11.4. The Labute approximate surface area is 235 Å². The second-order valence-electron chi connectivity index (χ2n) is 10.2. The van der Waals surface area contributed by atoms with Crippen molar-refractivity contribution in [1.29, 1.82) is 0 Å². The number of hydrogen-bond donors (Lipinski definition) is 0. The van der Waals surface area contributed by atoms with E-state index in [1.54, 1.807) is 9.36 Å². The molecule has 0 unspecified atom stereocenters. The monoisotopic (exact) mass is 535 g/mol. The summed E-state index contributed by atoms with van der Waals surface area (Å²) in [5.74, 6) is -0.351. The van der Waals surface area contributed by atoms with Crippen LogP contribution in [0.1, 0.15) is 47.8 Å². The van der Waals surface area contributed by atoms with Gasteiger partial charge in [-0.3, -0.25) is 19.0 Å². The van der Waals surface area contributed by atoms with E-state index in [0.29, 0.717) is 11.1 Å². The Bertz CT molecular complexity index is 1630. The summed E-state index contributed by atoms with van der Waals surface area (Å²) in [4.78, 5) is 29.8. The topological polar surface area (TPSA) is 57.1 Å². The Hall–Kier alpha value is -4.52. The van der Waals surface area contributed by atoms with Crippen LogP contribution in [0.15, 0.2) is 94.5 Å². The molecule has 206 valence electrons. The molecular formula is C33H37N5O2. The van der Waals surface area contributed by atoms with Crippen LogP contribution in [0.2, 0.25) is 0 Å². The molecule has 0 N–H and O–H groups in total. The van der Waals surface area contributed by atoms with Crippen molar-refractivity contribution in [3.8, 4) is 11.4 Å². The predicted octanol–water partition coefficient (Wildman–Crippen LogP) is 5.31. The largest absolute Gasteiger partial charge is 0.372 e. The van der Waals surface area contributed by atoms with Crippen LogP contribution in [0, 0.1) is 13.8 Å². The van der Waals surface area contributed by atoms with Crippen molar-refractivity contribution in [3.05, 3.63) is 134 Å². The lowest BCUT2D eigenvalue weighted by atomic mass is 9.88. The van der Waals surface area contributed by atoms with Crippen molar-refractivity contribution >= 4 is 5.69 Å². The summed E-state index contributed by atoms with van der Waals surface area (Å²) in [6.07, 6.45) is 0. The number of rotatable bonds is 8. The lowest BCUT2D eigenvalue weighted by molar-refractivity contribution is 0.574. The molecule has 5 rings (SSSR count). The molecule has 0 spiro atoms. The molecule has 0 amide bonds. The number of aromatic nitrogens is 4. The van der Waals surface area contributed by atoms with E-state index in [1.807, 2.05) is 98.0 Å². The van der Waals surface area contributed by atoms with Crippen molar-refractivity contribution < 1.29 is 0 Å². The van der Waals surface area contributed by atoms with Crippen LogP contribution in [0.3, 0.4) is 0 Å². The second kappa shape index (κ2) is 10.9. The smallest absolute Gasteiger partial charge is 0.274 e. The molecule has 40 heavy (non-hydrogen) atoms. The fraction of sp³-hybridized carbons (Fsp3) is 0.273. The van der Waals surface area contributed by atoms with Gasteiger partial charge < -0.3 is 4.90 Å². The van der Waals surface area contributed by atoms with Gasteiger partial charge in [-0.25, -0.2) is 9.36 Å². The van der Waals surface area contributed by atoms with Crippen LogP contribution in [0.25, 0.3) is 11.4 Å². The number of nitrogens with zero attached hydrogens (tertiary/aromatic N) is 5. The van der Waals surface area contributed by atoms with Crippen molar-refractivity contribution in [2.24, 2.45) is 14.1 Å². The summed E-state index contributed by atoms with van der Waals surface area (Å²) in [6, 6.07) is 27.9. The third kappa shape index (κ3) is 4.41. The number of benzene rings is 3. The first-order valence-electron chi connectivity index (χ1n) is 13.8. The third-order valence-corrected chi connectivity index (χ3v) is 8.00. The first-order chi connectivity index (χ1) is 19.3. The van der Waals surface area contributed by atoms with Crippen molar-refractivity contribution in [3.63, 3.8) is 0 Å². The zero-order valence-corrected chi connectivity index (χ0v) is 24.1. The molecule has 2 aromatic heterocycles. The first kappa shape index (κ1) is 27.1. The quantitative estimate of drug-likeness (QED) is 0.271. The maximum Gasteiger partial charge on any atom is 0.274 e. The van der Waals surface area contributed by atoms with Crippen LogP contribution in [0.4, 0.5) is 5.69 Å². The highest BCUT2D eigenvalue weighted by molar-refractivity contribution is 5.52. The van der Waals surface area contributed by atoms with Gasteiger partial charge in [0.1, 0.15) is 0 Å². The zero-order chi connectivity index (χ0) is 28.6. The highest BCUT2D eigenvalue weighted by Crippen LogP contribution is 2.36. The number of anilines is 1. The highest BCUT2D eigenvalue weighted by atomic mass is 16.1. The highest BCUT2D eigenvalue weighted by Gasteiger charge is 2.32. The summed E-state index contributed by atoms with van der Waals surface area (Å²) in [6.45, 7) is 9.90. The van der Waals surface area contributed by atoms with Gasteiger partial charge in [0.15, 0.2) is 0 Å². The van der Waals surface area contributed by atoms with Gasteiger partial charge in [-0.2, -0.15) is 0 Å². The van der Waals surface area contributed by atoms with Gasteiger partial charge in [-0.1, -0.05) is 48.5 Å². The molecule has 0 aliphatic carbocycles. The molecule has 7 heteroatoms. The number of para-hydroxylation sites is 2. The maximum atomic E-state index is 13.7. The Morgan fingerprint density at radius 1 is 0.625 bits per heavy atom. The lowest BCUT2D eigenvalue weighted by Crippen LogP contribution is -2.22. The Balaban J connectivity index is 1.80. The molecule has 5 aromatic rings. The van der Waals surface area contributed by atoms with Gasteiger partial charge in [0.2, 0.25) is 0 Å². The van der Waals surface area contributed by atoms with Gasteiger partial charge in [0, 0.05) is 44.0 Å². The maximum absolute atomic E-state index is 13.7. The molecule has 0 aliphatic rings. The van der Waals surface area contributed by atoms with Crippen LogP contribution in [0.5, 0.6) is 0 Å². The van der Waals surface area contributed by atoms with Gasteiger partial charge in [-0.15, -0.1) is 0 Å². The lowest BCUT2D eigenvalue weighted by Gasteiger charge is -2.25. The van der Waals surface area contributed by atoms with Gasteiger partial charge in [0.25, 0.3) is 11.1 Å². The summed E-state index contributed by atoms with van der Waals surface area (Å²) in [7, 11) is 3.85. The summed E-state index contributed by atoms with van der Waals surface area (Å²) < 4.78 is 7.31. The molecule has 7 nitrogen and oxygen atoms in total. The first-order valence-corrected chi connectivity index (χ1v) is 13.8. The Morgan fingerprint density at radius 3 is 1.40 bits per heavy atom.